The van der Waals surface area contributed by atoms with Gasteiger partial charge in [-0.25, -0.2) is 0 Å². The van der Waals surface area contributed by atoms with E-state index in [4.69, 9.17) is 4.74 Å². The van der Waals surface area contributed by atoms with Gasteiger partial charge < -0.3 is 9.64 Å². The van der Waals surface area contributed by atoms with E-state index in [0.29, 0.717) is 12.2 Å². The molecule has 3 aromatic rings. The molecule has 0 fully saturated rings. The van der Waals surface area contributed by atoms with Gasteiger partial charge in [-0.05, 0) is 37.3 Å². The Balaban J connectivity index is 1.74. The molecule has 0 saturated carbocycles. The van der Waals surface area contributed by atoms with Gasteiger partial charge in [0.2, 0.25) is 0 Å². The van der Waals surface area contributed by atoms with Crippen molar-refractivity contribution in [3.05, 3.63) is 53.5 Å². The highest BCUT2D eigenvalue weighted by Crippen LogP contribution is 2.21. The molecule has 130 valence electrons. The molecule has 0 atom stereocenters. The second kappa shape index (κ2) is 6.80. The largest absolute Gasteiger partial charge is 0.497 e. The minimum Gasteiger partial charge on any atom is -0.497 e. The summed E-state index contributed by atoms with van der Waals surface area (Å²) in [5, 5.41) is 11.4. The summed E-state index contributed by atoms with van der Waals surface area (Å²) in [4.78, 5) is 14.3. The quantitative estimate of drug-likeness (QED) is 0.774. The van der Waals surface area contributed by atoms with Gasteiger partial charge in [-0.15, -0.1) is 0 Å². The standard InChI is InChI=1S/C18H21N5O2/c1-12-14(11-23(3)21-12)10-22(2)18(24)17-9-16(19-20-17)13-5-7-15(25-4)8-6-13/h5-9,11H,10H2,1-4H3,(H,19,20). The predicted octanol–water partition coefficient (Wildman–Crippen LogP) is 2.40. The fraction of sp³-hybridized carbons (Fsp3) is 0.278. The Morgan fingerprint density at radius 3 is 2.64 bits per heavy atom. The number of benzene rings is 1. The summed E-state index contributed by atoms with van der Waals surface area (Å²) in [5.41, 5.74) is 4.03. The van der Waals surface area contributed by atoms with Crippen LogP contribution in [-0.2, 0) is 13.6 Å². The van der Waals surface area contributed by atoms with E-state index in [-0.39, 0.29) is 5.91 Å². The van der Waals surface area contributed by atoms with Crippen molar-refractivity contribution in [3.8, 4) is 17.0 Å². The zero-order valence-corrected chi connectivity index (χ0v) is 14.8. The van der Waals surface area contributed by atoms with E-state index in [9.17, 15) is 4.79 Å². The number of methoxy groups -OCH3 is 1. The Morgan fingerprint density at radius 1 is 1.32 bits per heavy atom. The zero-order chi connectivity index (χ0) is 18.0. The topological polar surface area (TPSA) is 76.0 Å². The SMILES string of the molecule is COc1ccc(-c2cc(C(=O)N(C)Cc3cn(C)nc3C)[nH]n2)cc1. The van der Waals surface area contributed by atoms with E-state index < -0.39 is 0 Å². The Hall–Kier alpha value is -3.09. The van der Waals surface area contributed by atoms with Crippen LogP contribution in [0.25, 0.3) is 11.3 Å². The molecule has 0 bridgehead atoms. The third-order valence-corrected chi connectivity index (χ3v) is 4.06. The summed E-state index contributed by atoms with van der Waals surface area (Å²) < 4.78 is 6.90. The number of carbonyl (C=O) groups excluding carboxylic acids is 1. The molecule has 2 heterocycles. The summed E-state index contributed by atoms with van der Waals surface area (Å²) in [6.07, 6.45) is 1.93. The lowest BCUT2D eigenvalue weighted by molar-refractivity contribution is 0.0779. The van der Waals surface area contributed by atoms with Crippen LogP contribution < -0.4 is 4.74 Å². The van der Waals surface area contributed by atoms with Crippen molar-refractivity contribution in [2.24, 2.45) is 7.05 Å². The number of aromatic nitrogens is 4. The number of nitrogens with one attached hydrogen (secondary N) is 1. The van der Waals surface area contributed by atoms with Gasteiger partial charge in [0.25, 0.3) is 5.91 Å². The van der Waals surface area contributed by atoms with E-state index in [1.54, 1.807) is 29.8 Å². The first-order valence-corrected chi connectivity index (χ1v) is 7.92. The normalized spacial score (nSPS) is 10.7. The number of H-pyrrole nitrogens is 1. The Labute approximate surface area is 146 Å². The first-order chi connectivity index (χ1) is 12.0. The van der Waals surface area contributed by atoms with Crippen LogP contribution in [0.1, 0.15) is 21.7 Å². The molecule has 1 N–H and O–H groups in total. The lowest BCUT2D eigenvalue weighted by atomic mass is 10.1. The Morgan fingerprint density at radius 2 is 2.04 bits per heavy atom. The molecule has 7 heteroatoms. The van der Waals surface area contributed by atoms with Gasteiger partial charge in [0.05, 0.1) is 18.5 Å². The molecule has 7 nitrogen and oxygen atoms in total. The molecule has 0 spiro atoms. The van der Waals surface area contributed by atoms with Crippen molar-refractivity contribution in [2.45, 2.75) is 13.5 Å². The minimum absolute atomic E-state index is 0.115. The smallest absolute Gasteiger partial charge is 0.271 e. The van der Waals surface area contributed by atoms with Crippen molar-refractivity contribution in [2.75, 3.05) is 14.2 Å². The molecule has 3 rings (SSSR count). The summed E-state index contributed by atoms with van der Waals surface area (Å²) in [6, 6.07) is 9.31. The molecular formula is C18H21N5O2. The predicted molar refractivity (Wildman–Crippen MR) is 94.3 cm³/mol. The van der Waals surface area contributed by atoms with E-state index in [2.05, 4.69) is 15.3 Å². The average Bonchev–Trinajstić information content (AvgIpc) is 3.21. The van der Waals surface area contributed by atoms with Crippen molar-refractivity contribution in [1.82, 2.24) is 24.9 Å². The molecular weight excluding hydrogens is 318 g/mol. The van der Waals surface area contributed by atoms with Crippen LogP contribution in [0.15, 0.2) is 36.5 Å². The monoisotopic (exact) mass is 339 g/mol. The molecule has 0 unspecified atom stereocenters. The van der Waals surface area contributed by atoms with Gasteiger partial charge in [-0.2, -0.15) is 10.2 Å². The number of ether oxygens (including phenoxy) is 1. The number of hydrogen-bond acceptors (Lipinski definition) is 4. The summed E-state index contributed by atoms with van der Waals surface area (Å²) in [6.45, 7) is 2.43. The van der Waals surface area contributed by atoms with E-state index in [1.165, 1.54) is 0 Å². The van der Waals surface area contributed by atoms with Crippen molar-refractivity contribution in [3.63, 3.8) is 0 Å². The third-order valence-electron chi connectivity index (χ3n) is 4.06. The molecule has 1 amide bonds. The van der Waals surface area contributed by atoms with Crippen molar-refractivity contribution >= 4 is 5.91 Å². The third kappa shape index (κ3) is 3.55. The maximum Gasteiger partial charge on any atom is 0.271 e. The Kier molecular flexibility index (Phi) is 4.56. The summed E-state index contributed by atoms with van der Waals surface area (Å²) in [5.74, 6) is 0.665. The van der Waals surface area contributed by atoms with Crippen LogP contribution in [-0.4, -0.2) is 44.9 Å². The molecule has 1 aromatic carbocycles. The minimum atomic E-state index is -0.115. The zero-order valence-electron chi connectivity index (χ0n) is 14.8. The lowest BCUT2D eigenvalue weighted by Crippen LogP contribution is -2.26. The molecule has 0 aliphatic rings. The molecule has 0 saturated heterocycles. The van der Waals surface area contributed by atoms with Crippen molar-refractivity contribution in [1.29, 1.82) is 0 Å². The summed E-state index contributed by atoms with van der Waals surface area (Å²) in [7, 11) is 5.26. The summed E-state index contributed by atoms with van der Waals surface area (Å²) >= 11 is 0. The second-order valence-electron chi connectivity index (χ2n) is 5.97. The number of hydrogen-bond donors (Lipinski definition) is 1. The highest BCUT2D eigenvalue weighted by Gasteiger charge is 2.17. The molecule has 0 aliphatic carbocycles. The lowest BCUT2D eigenvalue weighted by Gasteiger charge is -2.15. The van der Waals surface area contributed by atoms with Gasteiger partial charge in [-0.1, -0.05) is 0 Å². The maximum absolute atomic E-state index is 12.6. The fourth-order valence-electron chi connectivity index (χ4n) is 2.68. The van der Waals surface area contributed by atoms with Crippen LogP contribution >= 0.6 is 0 Å². The second-order valence-corrected chi connectivity index (χ2v) is 5.97. The average molecular weight is 339 g/mol. The van der Waals surface area contributed by atoms with Gasteiger partial charge in [0.1, 0.15) is 11.4 Å². The van der Waals surface area contributed by atoms with Crippen LogP contribution in [0.5, 0.6) is 5.75 Å². The first kappa shape index (κ1) is 16.8. The Bertz CT molecular complexity index is 879. The number of nitrogens with zero attached hydrogens (tertiary/aromatic N) is 4. The van der Waals surface area contributed by atoms with Crippen LogP contribution in [0.2, 0.25) is 0 Å². The van der Waals surface area contributed by atoms with Crippen LogP contribution in [0, 0.1) is 6.92 Å². The van der Waals surface area contributed by atoms with Crippen molar-refractivity contribution < 1.29 is 9.53 Å². The molecule has 2 aromatic heterocycles. The number of amides is 1. The molecule has 0 radical (unpaired) electrons. The maximum atomic E-state index is 12.6. The van der Waals surface area contributed by atoms with Crippen LogP contribution in [0.3, 0.4) is 0 Å². The first-order valence-electron chi connectivity index (χ1n) is 7.92. The number of rotatable bonds is 5. The fourth-order valence-corrected chi connectivity index (χ4v) is 2.68. The van der Waals surface area contributed by atoms with E-state index >= 15 is 0 Å². The number of aryl methyl sites for hydroxylation is 2. The van der Waals surface area contributed by atoms with Gasteiger partial charge in [-0.3, -0.25) is 14.6 Å². The van der Waals surface area contributed by atoms with Crippen LogP contribution in [0.4, 0.5) is 0 Å². The van der Waals surface area contributed by atoms with Gasteiger partial charge in [0.15, 0.2) is 0 Å². The number of carbonyl (C=O) groups is 1. The highest BCUT2D eigenvalue weighted by molar-refractivity contribution is 5.93. The molecule has 0 aliphatic heterocycles. The molecule has 25 heavy (non-hydrogen) atoms. The van der Waals surface area contributed by atoms with Gasteiger partial charge in [0, 0.05) is 38.0 Å². The van der Waals surface area contributed by atoms with E-state index in [0.717, 1.165) is 28.3 Å². The van der Waals surface area contributed by atoms with E-state index in [1.807, 2.05) is 44.4 Å². The van der Waals surface area contributed by atoms with Gasteiger partial charge >= 0.3 is 0 Å². The number of aromatic amines is 1. The highest BCUT2D eigenvalue weighted by atomic mass is 16.5.